The molecule has 0 aliphatic carbocycles. The van der Waals surface area contributed by atoms with Crippen LogP contribution < -0.4 is 4.74 Å². The lowest BCUT2D eigenvalue weighted by atomic mass is 10.2. The number of rotatable bonds is 6. The van der Waals surface area contributed by atoms with Gasteiger partial charge in [-0.1, -0.05) is 5.16 Å². The maximum absolute atomic E-state index is 11.1. The Morgan fingerprint density at radius 2 is 2.16 bits per heavy atom. The molecule has 0 N–H and O–H groups in total. The van der Waals surface area contributed by atoms with Gasteiger partial charge in [0, 0.05) is 0 Å². The van der Waals surface area contributed by atoms with Gasteiger partial charge >= 0.3 is 5.97 Å². The van der Waals surface area contributed by atoms with Crippen LogP contribution in [0.3, 0.4) is 0 Å². The van der Waals surface area contributed by atoms with Crippen LogP contribution in [-0.2, 0) is 14.4 Å². The number of hydrogen-bond acceptors (Lipinski definition) is 6. The molecule has 1 aromatic rings. The van der Waals surface area contributed by atoms with E-state index in [2.05, 4.69) is 9.89 Å². The van der Waals surface area contributed by atoms with Gasteiger partial charge in [0.05, 0.1) is 13.3 Å². The Morgan fingerprint density at radius 1 is 1.47 bits per heavy atom. The summed E-state index contributed by atoms with van der Waals surface area (Å²) in [5, 5.41) is 12.1. The number of esters is 1. The number of hydrogen-bond donors (Lipinski definition) is 0. The van der Waals surface area contributed by atoms with E-state index in [-0.39, 0.29) is 6.61 Å². The van der Waals surface area contributed by atoms with E-state index in [9.17, 15) is 4.79 Å². The van der Waals surface area contributed by atoms with E-state index in [0.717, 1.165) is 11.3 Å². The second-order valence-corrected chi connectivity index (χ2v) is 3.54. The number of nitriles is 1. The number of nitrogens with zero attached hydrogens (tertiary/aromatic N) is 2. The first-order valence-corrected chi connectivity index (χ1v) is 5.54. The quantitative estimate of drug-likeness (QED) is 0.441. The molecule has 0 aliphatic rings. The number of benzene rings is 1. The molecule has 0 amide bonds. The summed E-state index contributed by atoms with van der Waals surface area (Å²) >= 11 is 0. The Balaban J connectivity index is 2.34. The maximum atomic E-state index is 11.1. The lowest BCUT2D eigenvalue weighted by molar-refractivity contribution is -0.151. The van der Waals surface area contributed by atoms with Crippen LogP contribution in [0.25, 0.3) is 0 Å². The van der Waals surface area contributed by atoms with Gasteiger partial charge in [0.1, 0.15) is 11.8 Å². The summed E-state index contributed by atoms with van der Waals surface area (Å²) in [5.41, 5.74) is 0.805. The smallest absolute Gasteiger partial charge is 0.348 e. The highest BCUT2D eigenvalue weighted by Gasteiger charge is 2.07. The second-order valence-electron chi connectivity index (χ2n) is 3.54. The van der Waals surface area contributed by atoms with E-state index in [0.29, 0.717) is 0 Å². The van der Waals surface area contributed by atoms with Crippen LogP contribution in [0.15, 0.2) is 29.4 Å². The molecule has 6 nitrogen and oxygen atoms in total. The third-order valence-electron chi connectivity index (χ3n) is 2.06. The summed E-state index contributed by atoms with van der Waals surface area (Å²) in [7, 11) is 1.58. The van der Waals surface area contributed by atoms with E-state index in [1.54, 1.807) is 37.4 Å². The monoisotopic (exact) mass is 262 g/mol. The van der Waals surface area contributed by atoms with Gasteiger partial charge in [-0.3, -0.25) is 0 Å². The molecular weight excluding hydrogens is 248 g/mol. The van der Waals surface area contributed by atoms with Crippen molar-refractivity contribution in [1.82, 2.24) is 0 Å². The number of methoxy groups -OCH3 is 1. The van der Waals surface area contributed by atoms with Crippen LogP contribution in [0.1, 0.15) is 12.5 Å². The molecule has 100 valence electrons. The van der Waals surface area contributed by atoms with Crippen molar-refractivity contribution < 1.29 is 19.1 Å². The van der Waals surface area contributed by atoms with Crippen molar-refractivity contribution in [1.29, 1.82) is 5.26 Å². The van der Waals surface area contributed by atoms with Gasteiger partial charge < -0.3 is 14.3 Å². The first-order valence-electron chi connectivity index (χ1n) is 5.54. The van der Waals surface area contributed by atoms with Crippen molar-refractivity contribution in [2.24, 2.45) is 5.16 Å². The summed E-state index contributed by atoms with van der Waals surface area (Å²) in [5.74, 6) is 0.105. The highest BCUT2D eigenvalue weighted by Crippen LogP contribution is 2.09. The zero-order valence-electron chi connectivity index (χ0n) is 10.7. The Morgan fingerprint density at radius 3 is 2.74 bits per heavy atom. The summed E-state index contributed by atoms with van der Waals surface area (Å²) in [6, 6.07) is 8.92. The Kier molecular flexibility index (Phi) is 5.89. The second kappa shape index (κ2) is 7.71. The fourth-order valence-corrected chi connectivity index (χ4v) is 1.14. The summed E-state index contributed by atoms with van der Waals surface area (Å²) in [4.78, 5) is 15.9. The molecule has 0 fully saturated rings. The van der Waals surface area contributed by atoms with Crippen molar-refractivity contribution in [3.8, 4) is 11.8 Å². The van der Waals surface area contributed by atoms with Crippen molar-refractivity contribution in [3.05, 3.63) is 29.8 Å². The van der Waals surface area contributed by atoms with Gasteiger partial charge in [0.2, 0.25) is 6.61 Å². The lowest BCUT2D eigenvalue weighted by Crippen LogP contribution is -2.16. The maximum Gasteiger partial charge on any atom is 0.348 e. The van der Waals surface area contributed by atoms with Crippen LogP contribution in [0.5, 0.6) is 5.75 Å². The average molecular weight is 262 g/mol. The molecule has 0 saturated carbocycles. The fraction of sp³-hybridized carbons (Fsp3) is 0.308. The molecule has 0 bridgehead atoms. The average Bonchev–Trinajstić information content (AvgIpc) is 2.44. The third-order valence-corrected chi connectivity index (χ3v) is 2.06. The number of ether oxygens (including phenoxy) is 2. The van der Waals surface area contributed by atoms with Crippen LogP contribution in [-0.4, -0.2) is 32.0 Å². The van der Waals surface area contributed by atoms with Gasteiger partial charge in [0.25, 0.3) is 0 Å². The minimum Gasteiger partial charge on any atom is -0.497 e. The Labute approximate surface area is 111 Å². The van der Waals surface area contributed by atoms with Crippen LogP contribution in [0, 0.1) is 11.3 Å². The highest BCUT2D eigenvalue weighted by molar-refractivity contribution is 5.79. The predicted octanol–water partition coefficient (Wildman–Crippen LogP) is 1.50. The van der Waals surface area contributed by atoms with Gasteiger partial charge in [-0.15, -0.1) is 0 Å². The summed E-state index contributed by atoms with van der Waals surface area (Å²) in [6.45, 7) is 1.14. The topological polar surface area (TPSA) is 80.9 Å². The molecule has 0 aliphatic heterocycles. The van der Waals surface area contributed by atoms with E-state index in [1.807, 2.05) is 0 Å². The SMILES string of the molecule is COc1ccc(/C=N\OCC(=O)O[C@H](C)C#N)cc1. The molecule has 0 radical (unpaired) electrons. The van der Waals surface area contributed by atoms with Crippen LogP contribution >= 0.6 is 0 Å². The van der Waals surface area contributed by atoms with E-state index in [4.69, 9.17) is 14.8 Å². The van der Waals surface area contributed by atoms with Gasteiger partial charge in [0.15, 0.2) is 6.10 Å². The Hall–Kier alpha value is -2.55. The molecule has 1 rings (SSSR count). The molecular formula is C13H14N2O4. The normalized spacial score (nSPS) is 11.6. The number of carbonyl (C=O) groups is 1. The van der Waals surface area contributed by atoms with Crippen molar-refractivity contribution in [2.45, 2.75) is 13.0 Å². The predicted molar refractivity (Wildman–Crippen MR) is 67.7 cm³/mol. The zero-order valence-corrected chi connectivity index (χ0v) is 10.7. The van der Waals surface area contributed by atoms with Crippen LogP contribution in [0.4, 0.5) is 0 Å². The Bertz CT molecular complexity index is 476. The van der Waals surface area contributed by atoms with Crippen molar-refractivity contribution >= 4 is 12.2 Å². The van der Waals surface area contributed by atoms with E-state index < -0.39 is 12.1 Å². The third kappa shape index (κ3) is 5.55. The minimum absolute atomic E-state index is 0.335. The number of oxime groups is 1. The molecule has 0 unspecified atom stereocenters. The molecule has 0 saturated heterocycles. The summed E-state index contributed by atoms with van der Waals surface area (Å²) < 4.78 is 9.68. The molecule has 6 heteroatoms. The van der Waals surface area contributed by atoms with Gasteiger partial charge in [-0.25, -0.2) is 4.79 Å². The van der Waals surface area contributed by atoms with Crippen molar-refractivity contribution in [2.75, 3.05) is 13.7 Å². The van der Waals surface area contributed by atoms with Crippen molar-refractivity contribution in [3.63, 3.8) is 0 Å². The standard InChI is InChI=1S/C13H14N2O4/c1-10(7-14)19-13(16)9-18-15-8-11-3-5-12(17-2)6-4-11/h3-6,8,10H,9H2,1-2H3/b15-8-/t10-/m1/s1. The largest absolute Gasteiger partial charge is 0.497 e. The number of carbonyl (C=O) groups excluding carboxylic acids is 1. The van der Waals surface area contributed by atoms with E-state index >= 15 is 0 Å². The first kappa shape index (κ1) is 14.5. The summed E-state index contributed by atoms with van der Waals surface area (Å²) in [6.07, 6.45) is 0.669. The highest BCUT2D eigenvalue weighted by atomic mass is 16.7. The first-order chi connectivity index (χ1) is 9.15. The lowest BCUT2D eigenvalue weighted by Gasteiger charge is -2.04. The molecule has 1 aromatic carbocycles. The fourth-order valence-electron chi connectivity index (χ4n) is 1.14. The minimum atomic E-state index is -0.790. The van der Waals surface area contributed by atoms with Crippen LogP contribution in [0.2, 0.25) is 0 Å². The molecule has 1 atom stereocenters. The molecule has 19 heavy (non-hydrogen) atoms. The van der Waals surface area contributed by atoms with E-state index in [1.165, 1.54) is 13.1 Å². The molecule has 0 heterocycles. The zero-order chi connectivity index (χ0) is 14.1. The molecule has 0 spiro atoms. The van der Waals surface area contributed by atoms with Gasteiger partial charge in [-0.2, -0.15) is 5.26 Å². The van der Waals surface area contributed by atoms with Gasteiger partial charge in [-0.05, 0) is 36.8 Å². The molecule has 0 aromatic heterocycles.